The van der Waals surface area contributed by atoms with Crippen molar-refractivity contribution in [1.82, 2.24) is 9.97 Å². The van der Waals surface area contributed by atoms with E-state index in [4.69, 9.17) is 4.74 Å². The molecule has 0 spiro atoms. The van der Waals surface area contributed by atoms with Crippen molar-refractivity contribution in [2.45, 2.75) is 6.92 Å². The minimum Gasteiger partial charge on any atom is -0.495 e. The summed E-state index contributed by atoms with van der Waals surface area (Å²) in [6.45, 7) is 1.45. The first-order chi connectivity index (χ1) is 13.5. The van der Waals surface area contributed by atoms with E-state index in [1.54, 1.807) is 48.5 Å². The number of benzene rings is 2. The number of nitrogens with zero attached hydrogens (tertiary/aromatic N) is 2. The van der Waals surface area contributed by atoms with Crippen molar-refractivity contribution in [3.63, 3.8) is 0 Å². The Bertz CT molecular complexity index is 989. The number of aromatic nitrogens is 2. The van der Waals surface area contributed by atoms with Gasteiger partial charge in [-0.1, -0.05) is 12.1 Å². The Morgan fingerprint density at radius 3 is 2.36 bits per heavy atom. The van der Waals surface area contributed by atoms with Gasteiger partial charge in [0.1, 0.15) is 23.6 Å². The van der Waals surface area contributed by atoms with Gasteiger partial charge in [0, 0.05) is 24.4 Å². The van der Waals surface area contributed by atoms with Gasteiger partial charge >= 0.3 is 0 Å². The quantitative estimate of drug-likeness (QED) is 0.608. The second kappa shape index (κ2) is 8.63. The topological polar surface area (TPSA) is 105 Å². The molecule has 0 aliphatic carbocycles. The molecular formula is C20H19N5O3. The van der Waals surface area contributed by atoms with Gasteiger partial charge in [-0.2, -0.15) is 0 Å². The van der Waals surface area contributed by atoms with E-state index in [1.807, 2.05) is 6.07 Å². The van der Waals surface area contributed by atoms with E-state index < -0.39 is 0 Å². The van der Waals surface area contributed by atoms with Crippen LogP contribution in [0.3, 0.4) is 0 Å². The van der Waals surface area contributed by atoms with Gasteiger partial charge < -0.3 is 20.7 Å². The van der Waals surface area contributed by atoms with Crippen molar-refractivity contribution < 1.29 is 14.3 Å². The molecule has 3 N–H and O–H groups in total. The van der Waals surface area contributed by atoms with E-state index in [-0.39, 0.29) is 17.5 Å². The van der Waals surface area contributed by atoms with Crippen molar-refractivity contribution in [3.8, 4) is 5.75 Å². The lowest BCUT2D eigenvalue weighted by Gasteiger charge is -2.10. The highest BCUT2D eigenvalue weighted by atomic mass is 16.5. The van der Waals surface area contributed by atoms with Gasteiger partial charge in [0.2, 0.25) is 5.91 Å². The first kappa shape index (κ1) is 18.8. The molecule has 142 valence electrons. The van der Waals surface area contributed by atoms with Crippen LogP contribution in [0, 0.1) is 0 Å². The van der Waals surface area contributed by atoms with Crippen molar-refractivity contribution >= 4 is 34.7 Å². The number of anilines is 4. The molecule has 0 saturated carbocycles. The molecular weight excluding hydrogens is 358 g/mol. The number of hydrogen-bond donors (Lipinski definition) is 3. The van der Waals surface area contributed by atoms with Crippen molar-refractivity contribution in [1.29, 1.82) is 0 Å². The Balaban J connectivity index is 1.71. The predicted octanol–water partition coefficient (Wildman–Crippen LogP) is 3.44. The van der Waals surface area contributed by atoms with Crippen LogP contribution in [0.4, 0.5) is 22.9 Å². The van der Waals surface area contributed by atoms with Crippen LogP contribution in [0.5, 0.6) is 5.75 Å². The van der Waals surface area contributed by atoms with E-state index in [9.17, 15) is 9.59 Å². The number of nitrogens with one attached hydrogen (secondary N) is 3. The molecule has 2 amide bonds. The average molecular weight is 377 g/mol. The van der Waals surface area contributed by atoms with E-state index in [2.05, 4.69) is 25.9 Å². The Kier molecular flexibility index (Phi) is 5.81. The average Bonchev–Trinajstić information content (AvgIpc) is 2.70. The summed E-state index contributed by atoms with van der Waals surface area (Å²) in [7, 11) is 1.54. The van der Waals surface area contributed by atoms with Gasteiger partial charge in [0.15, 0.2) is 0 Å². The summed E-state index contributed by atoms with van der Waals surface area (Å²) in [5.41, 5.74) is 2.21. The fraction of sp³-hybridized carbons (Fsp3) is 0.100. The van der Waals surface area contributed by atoms with E-state index in [0.717, 1.165) is 5.69 Å². The Morgan fingerprint density at radius 2 is 1.64 bits per heavy atom. The molecule has 0 fully saturated rings. The molecule has 0 bridgehead atoms. The molecule has 0 radical (unpaired) electrons. The third-order valence-electron chi connectivity index (χ3n) is 3.73. The molecule has 0 unspecified atom stereocenters. The number of rotatable bonds is 6. The molecule has 0 atom stereocenters. The number of carbonyl (C=O) groups excluding carboxylic acids is 2. The lowest BCUT2D eigenvalue weighted by molar-refractivity contribution is -0.114. The largest absolute Gasteiger partial charge is 0.495 e. The van der Waals surface area contributed by atoms with Gasteiger partial charge in [0.25, 0.3) is 5.91 Å². The second-order valence-electron chi connectivity index (χ2n) is 5.83. The SMILES string of the molecule is COc1ccccc1NC(=O)c1cc(Nc2ccc(NC(C)=O)cc2)ncn1. The number of carbonyl (C=O) groups is 2. The third-order valence-corrected chi connectivity index (χ3v) is 3.73. The zero-order valence-corrected chi connectivity index (χ0v) is 15.4. The molecule has 3 rings (SSSR count). The number of ether oxygens (including phenoxy) is 1. The summed E-state index contributed by atoms with van der Waals surface area (Å²) in [6, 6.07) is 15.8. The maximum Gasteiger partial charge on any atom is 0.274 e. The first-order valence-corrected chi connectivity index (χ1v) is 8.46. The van der Waals surface area contributed by atoms with Crippen molar-refractivity contribution in [2.75, 3.05) is 23.1 Å². The third kappa shape index (κ3) is 4.82. The maximum absolute atomic E-state index is 12.5. The van der Waals surface area contributed by atoms with Crippen LogP contribution in [-0.4, -0.2) is 28.9 Å². The summed E-state index contributed by atoms with van der Waals surface area (Å²) in [6.07, 6.45) is 1.31. The zero-order chi connectivity index (χ0) is 19.9. The Morgan fingerprint density at radius 1 is 0.929 bits per heavy atom. The molecule has 0 saturated heterocycles. The molecule has 8 heteroatoms. The fourth-order valence-electron chi connectivity index (χ4n) is 2.47. The summed E-state index contributed by atoms with van der Waals surface area (Å²) in [4.78, 5) is 31.7. The van der Waals surface area contributed by atoms with Crippen LogP contribution in [0.1, 0.15) is 17.4 Å². The van der Waals surface area contributed by atoms with E-state index >= 15 is 0 Å². The highest BCUT2D eigenvalue weighted by Gasteiger charge is 2.12. The number of methoxy groups -OCH3 is 1. The van der Waals surface area contributed by atoms with E-state index in [0.29, 0.717) is 22.9 Å². The molecule has 1 aromatic heterocycles. The predicted molar refractivity (Wildman–Crippen MR) is 107 cm³/mol. The van der Waals surface area contributed by atoms with Crippen LogP contribution in [0.2, 0.25) is 0 Å². The monoisotopic (exact) mass is 377 g/mol. The lowest BCUT2D eigenvalue weighted by Crippen LogP contribution is -2.15. The fourth-order valence-corrected chi connectivity index (χ4v) is 2.47. The van der Waals surface area contributed by atoms with Crippen LogP contribution in [-0.2, 0) is 4.79 Å². The van der Waals surface area contributed by atoms with Gasteiger partial charge in [-0.3, -0.25) is 9.59 Å². The number of amides is 2. The molecule has 0 aliphatic rings. The van der Waals surface area contributed by atoms with Crippen LogP contribution in [0.25, 0.3) is 0 Å². The Labute approximate surface area is 162 Å². The lowest BCUT2D eigenvalue weighted by atomic mass is 10.2. The highest BCUT2D eigenvalue weighted by Crippen LogP contribution is 2.24. The first-order valence-electron chi connectivity index (χ1n) is 8.46. The normalized spacial score (nSPS) is 10.1. The van der Waals surface area contributed by atoms with Gasteiger partial charge in [-0.15, -0.1) is 0 Å². The summed E-state index contributed by atoms with van der Waals surface area (Å²) < 4.78 is 5.23. The minimum absolute atomic E-state index is 0.137. The molecule has 2 aromatic carbocycles. The molecule has 1 heterocycles. The summed E-state index contributed by atoms with van der Waals surface area (Å²) in [5.74, 6) is 0.508. The molecule has 28 heavy (non-hydrogen) atoms. The Hall–Kier alpha value is -3.94. The number of para-hydroxylation sites is 2. The highest BCUT2D eigenvalue weighted by molar-refractivity contribution is 6.04. The van der Waals surface area contributed by atoms with Crippen LogP contribution >= 0.6 is 0 Å². The van der Waals surface area contributed by atoms with Crippen molar-refractivity contribution in [2.24, 2.45) is 0 Å². The maximum atomic E-state index is 12.5. The van der Waals surface area contributed by atoms with Gasteiger partial charge in [-0.25, -0.2) is 9.97 Å². The summed E-state index contributed by atoms with van der Waals surface area (Å²) in [5, 5.41) is 8.57. The standard InChI is InChI=1S/C20H19N5O3/c1-13(26)23-14-7-9-15(10-8-14)24-19-11-17(21-12-22-19)20(27)25-16-5-3-4-6-18(16)28-2/h3-12H,1-2H3,(H,23,26)(H,25,27)(H,21,22,24). The van der Waals surface area contributed by atoms with Crippen molar-refractivity contribution in [3.05, 3.63) is 66.6 Å². The van der Waals surface area contributed by atoms with Crippen LogP contribution < -0.4 is 20.7 Å². The minimum atomic E-state index is -0.379. The molecule has 3 aromatic rings. The smallest absolute Gasteiger partial charge is 0.274 e. The van der Waals surface area contributed by atoms with E-state index in [1.165, 1.54) is 20.4 Å². The molecule has 0 aliphatic heterocycles. The summed E-state index contributed by atoms with van der Waals surface area (Å²) >= 11 is 0. The molecule has 8 nitrogen and oxygen atoms in total. The zero-order valence-electron chi connectivity index (χ0n) is 15.4. The second-order valence-corrected chi connectivity index (χ2v) is 5.83. The van der Waals surface area contributed by atoms with Crippen LogP contribution in [0.15, 0.2) is 60.9 Å². The van der Waals surface area contributed by atoms with Gasteiger partial charge in [0.05, 0.1) is 12.8 Å². The number of hydrogen-bond acceptors (Lipinski definition) is 6. The van der Waals surface area contributed by atoms with Gasteiger partial charge in [-0.05, 0) is 36.4 Å².